The van der Waals surface area contributed by atoms with E-state index >= 15 is 0 Å². The van der Waals surface area contributed by atoms with E-state index in [9.17, 15) is 9.90 Å². The lowest BCUT2D eigenvalue weighted by Gasteiger charge is -2.20. The zero-order valence-corrected chi connectivity index (χ0v) is 8.36. The van der Waals surface area contributed by atoms with Gasteiger partial charge in [-0.25, -0.2) is 0 Å². The monoisotopic (exact) mass is 186 g/mol. The fourth-order valence-electron chi connectivity index (χ4n) is 1.42. The lowest BCUT2D eigenvalue weighted by Crippen LogP contribution is -2.34. The Morgan fingerprint density at radius 1 is 1.69 bits per heavy atom. The molecule has 1 unspecified atom stereocenters. The van der Waals surface area contributed by atoms with E-state index in [-0.39, 0.29) is 5.91 Å². The van der Waals surface area contributed by atoms with Gasteiger partial charge in [0.15, 0.2) is 0 Å². The number of hydrogen-bond acceptors (Lipinski definition) is 3. The predicted octanol–water partition coefficient (Wildman–Crippen LogP) is -0.469. The molecule has 0 aliphatic carbocycles. The zero-order valence-electron chi connectivity index (χ0n) is 8.36. The number of aliphatic hydroxyl groups is 1. The first-order chi connectivity index (χ1) is 6.13. The highest BCUT2D eigenvalue weighted by Gasteiger charge is 2.27. The molecule has 1 rings (SSSR count). The maximum Gasteiger partial charge on any atom is 0.225 e. The van der Waals surface area contributed by atoms with E-state index in [0.717, 1.165) is 19.6 Å². The maximum atomic E-state index is 11.2. The average molecular weight is 186 g/mol. The molecule has 1 saturated heterocycles. The SMILES string of the molecule is CCN(C)CCN1CC(O)CC1=O. The van der Waals surface area contributed by atoms with Gasteiger partial charge < -0.3 is 14.9 Å². The standard InChI is InChI=1S/C9H18N2O2/c1-3-10(2)4-5-11-7-8(12)6-9(11)13/h8,12H,3-7H2,1-2H3. The molecular weight excluding hydrogens is 168 g/mol. The Bertz CT molecular complexity index is 184. The molecule has 1 N–H and O–H groups in total. The quantitative estimate of drug-likeness (QED) is 0.645. The fraction of sp³-hybridized carbons (Fsp3) is 0.889. The highest BCUT2D eigenvalue weighted by molar-refractivity contribution is 5.78. The summed E-state index contributed by atoms with van der Waals surface area (Å²) in [4.78, 5) is 15.1. The summed E-state index contributed by atoms with van der Waals surface area (Å²) in [5.74, 6) is 0.0806. The van der Waals surface area contributed by atoms with Crippen molar-refractivity contribution in [2.24, 2.45) is 0 Å². The third-order valence-corrected chi connectivity index (χ3v) is 2.49. The lowest BCUT2D eigenvalue weighted by atomic mass is 10.3. The van der Waals surface area contributed by atoms with Crippen molar-refractivity contribution in [3.63, 3.8) is 0 Å². The van der Waals surface area contributed by atoms with Crippen molar-refractivity contribution in [1.29, 1.82) is 0 Å². The van der Waals surface area contributed by atoms with E-state index in [1.165, 1.54) is 0 Å². The van der Waals surface area contributed by atoms with Gasteiger partial charge in [0.25, 0.3) is 0 Å². The minimum atomic E-state index is -0.445. The topological polar surface area (TPSA) is 43.8 Å². The summed E-state index contributed by atoms with van der Waals surface area (Å²) >= 11 is 0. The van der Waals surface area contributed by atoms with Crippen molar-refractivity contribution in [3.05, 3.63) is 0 Å². The van der Waals surface area contributed by atoms with Crippen molar-refractivity contribution in [2.75, 3.05) is 33.2 Å². The van der Waals surface area contributed by atoms with Crippen molar-refractivity contribution in [2.45, 2.75) is 19.4 Å². The molecule has 0 saturated carbocycles. The maximum absolute atomic E-state index is 11.2. The number of nitrogens with zero attached hydrogens (tertiary/aromatic N) is 2. The van der Waals surface area contributed by atoms with Crippen LogP contribution in [0.3, 0.4) is 0 Å². The van der Waals surface area contributed by atoms with Crippen LogP contribution in [0.2, 0.25) is 0 Å². The highest BCUT2D eigenvalue weighted by atomic mass is 16.3. The molecule has 1 amide bonds. The van der Waals surface area contributed by atoms with Gasteiger partial charge in [0, 0.05) is 19.6 Å². The molecule has 1 heterocycles. The van der Waals surface area contributed by atoms with Crippen LogP contribution in [0, 0.1) is 0 Å². The number of rotatable bonds is 4. The van der Waals surface area contributed by atoms with Crippen molar-refractivity contribution >= 4 is 5.91 Å². The van der Waals surface area contributed by atoms with Crippen LogP contribution in [-0.2, 0) is 4.79 Å². The number of aliphatic hydroxyl groups excluding tert-OH is 1. The summed E-state index contributed by atoms with van der Waals surface area (Å²) in [6.07, 6.45) is -0.144. The Morgan fingerprint density at radius 2 is 2.38 bits per heavy atom. The van der Waals surface area contributed by atoms with Crippen molar-refractivity contribution in [1.82, 2.24) is 9.80 Å². The van der Waals surface area contributed by atoms with E-state index in [1.54, 1.807) is 4.90 Å². The van der Waals surface area contributed by atoms with Gasteiger partial charge in [-0.2, -0.15) is 0 Å². The molecule has 0 aromatic heterocycles. The smallest absolute Gasteiger partial charge is 0.225 e. The normalized spacial score (nSPS) is 23.2. The van der Waals surface area contributed by atoms with E-state index in [1.807, 2.05) is 7.05 Å². The van der Waals surface area contributed by atoms with Crippen LogP contribution in [0.25, 0.3) is 0 Å². The molecule has 0 aromatic carbocycles. The van der Waals surface area contributed by atoms with Gasteiger partial charge in [-0.05, 0) is 13.6 Å². The Labute approximate surface area is 79.1 Å². The number of β-amino-alcohol motifs (C(OH)–C–C–N with tert-alkyl or cyclic N) is 1. The van der Waals surface area contributed by atoms with Crippen LogP contribution < -0.4 is 0 Å². The van der Waals surface area contributed by atoms with Crippen LogP contribution in [-0.4, -0.2) is 60.1 Å². The number of hydrogen-bond donors (Lipinski definition) is 1. The van der Waals surface area contributed by atoms with Crippen molar-refractivity contribution in [3.8, 4) is 0 Å². The number of likely N-dealkylation sites (tertiary alicyclic amines) is 1. The number of carbonyl (C=O) groups excluding carboxylic acids is 1. The summed E-state index contributed by atoms with van der Waals surface area (Å²) in [5.41, 5.74) is 0. The van der Waals surface area contributed by atoms with Gasteiger partial charge in [-0.15, -0.1) is 0 Å². The second-order valence-electron chi connectivity index (χ2n) is 3.59. The van der Waals surface area contributed by atoms with Crippen LogP contribution in [0.1, 0.15) is 13.3 Å². The lowest BCUT2D eigenvalue weighted by molar-refractivity contribution is -0.127. The summed E-state index contributed by atoms with van der Waals surface area (Å²) in [7, 11) is 2.02. The Balaban J connectivity index is 2.25. The molecule has 1 fully saturated rings. The van der Waals surface area contributed by atoms with Crippen LogP contribution >= 0.6 is 0 Å². The highest BCUT2D eigenvalue weighted by Crippen LogP contribution is 2.09. The van der Waals surface area contributed by atoms with Gasteiger partial charge in [0.05, 0.1) is 12.5 Å². The van der Waals surface area contributed by atoms with E-state index in [0.29, 0.717) is 13.0 Å². The summed E-state index contributed by atoms with van der Waals surface area (Å²) < 4.78 is 0. The van der Waals surface area contributed by atoms with Gasteiger partial charge in [0.2, 0.25) is 5.91 Å². The van der Waals surface area contributed by atoms with E-state index < -0.39 is 6.10 Å². The first kappa shape index (κ1) is 10.5. The molecule has 4 heteroatoms. The van der Waals surface area contributed by atoms with Gasteiger partial charge in [-0.3, -0.25) is 4.79 Å². The second kappa shape index (κ2) is 4.58. The number of amides is 1. The molecule has 13 heavy (non-hydrogen) atoms. The molecule has 1 aliphatic rings. The van der Waals surface area contributed by atoms with Gasteiger partial charge >= 0.3 is 0 Å². The molecule has 4 nitrogen and oxygen atoms in total. The van der Waals surface area contributed by atoms with Crippen LogP contribution in [0.4, 0.5) is 0 Å². The first-order valence-corrected chi connectivity index (χ1v) is 4.78. The number of likely N-dealkylation sites (N-methyl/N-ethyl adjacent to an activating group) is 1. The third kappa shape index (κ3) is 2.97. The molecule has 0 radical (unpaired) electrons. The molecule has 1 aliphatic heterocycles. The summed E-state index contributed by atoms with van der Waals surface area (Å²) in [5, 5.41) is 9.22. The van der Waals surface area contributed by atoms with E-state index in [2.05, 4.69) is 11.8 Å². The van der Waals surface area contributed by atoms with Crippen molar-refractivity contribution < 1.29 is 9.90 Å². The van der Waals surface area contributed by atoms with Gasteiger partial charge in [0.1, 0.15) is 0 Å². The fourth-order valence-corrected chi connectivity index (χ4v) is 1.42. The first-order valence-electron chi connectivity index (χ1n) is 4.78. The average Bonchev–Trinajstić information content (AvgIpc) is 2.41. The molecule has 0 bridgehead atoms. The second-order valence-corrected chi connectivity index (χ2v) is 3.59. The predicted molar refractivity (Wildman–Crippen MR) is 50.4 cm³/mol. The molecule has 1 atom stereocenters. The van der Waals surface area contributed by atoms with Crippen LogP contribution in [0.15, 0.2) is 0 Å². The molecule has 0 spiro atoms. The zero-order chi connectivity index (χ0) is 9.84. The molecule has 0 aromatic rings. The minimum Gasteiger partial charge on any atom is -0.391 e. The van der Waals surface area contributed by atoms with Crippen LogP contribution in [0.5, 0.6) is 0 Å². The summed E-state index contributed by atoms with van der Waals surface area (Å²) in [6, 6.07) is 0. The molecular formula is C9H18N2O2. The number of carbonyl (C=O) groups is 1. The Hall–Kier alpha value is -0.610. The Kier molecular flexibility index (Phi) is 3.69. The van der Waals surface area contributed by atoms with E-state index in [4.69, 9.17) is 0 Å². The Morgan fingerprint density at radius 3 is 2.85 bits per heavy atom. The summed E-state index contributed by atoms with van der Waals surface area (Å²) in [6.45, 7) is 5.21. The largest absolute Gasteiger partial charge is 0.391 e. The minimum absolute atomic E-state index is 0.0806. The molecule has 76 valence electrons. The third-order valence-electron chi connectivity index (χ3n) is 2.49. The van der Waals surface area contributed by atoms with Gasteiger partial charge in [-0.1, -0.05) is 6.92 Å².